The van der Waals surface area contributed by atoms with Crippen molar-refractivity contribution in [2.24, 2.45) is 5.92 Å². The van der Waals surface area contributed by atoms with Gasteiger partial charge in [-0.1, -0.05) is 50.5 Å². The molecule has 1 aromatic heterocycles. The summed E-state index contributed by atoms with van der Waals surface area (Å²) in [5, 5.41) is 13.4. The molecule has 2 aliphatic rings. The smallest absolute Gasteiger partial charge is 0.231 e. The van der Waals surface area contributed by atoms with Gasteiger partial charge in [-0.3, -0.25) is 9.69 Å². The van der Waals surface area contributed by atoms with Crippen molar-refractivity contribution < 1.29 is 9.90 Å². The van der Waals surface area contributed by atoms with E-state index in [0.29, 0.717) is 18.2 Å². The number of rotatable bonds is 5. The minimum atomic E-state index is -0.358. The molecule has 6 heteroatoms. The average Bonchev–Trinajstić information content (AvgIpc) is 2.77. The van der Waals surface area contributed by atoms with Crippen LogP contribution in [0.1, 0.15) is 61.6 Å². The molecule has 1 aliphatic carbocycles. The molecule has 30 heavy (non-hydrogen) atoms. The van der Waals surface area contributed by atoms with Crippen LogP contribution >= 0.6 is 0 Å². The molecule has 2 aromatic rings. The van der Waals surface area contributed by atoms with Gasteiger partial charge in [-0.2, -0.15) is 4.98 Å². The van der Waals surface area contributed by atoms with E-state index in [0.717, 1.165) is 31.2 Å². The second-order valence-corrected chi connectivity index (χ2v) is 9.02. The summed E-state index contributed by atoms with van der Waals surface area (Å²) >= 11 is 0. The lowest BCUT2D eigenvalue weighted by Crippen LogP contribution is -2.45. The zero-order chi connectivity index (χ0) is 21.3. The third kappa shape index (κ3) is 3.81. The molecule has 1 amide bonds. The Morgan fingerprint density at radius 1 is 1.23 bits per heavy atom. The summed E-state index contributed by atoms with van der Waals surface area (Å²) in [6.45, 7) is 4.25. The SMILES string of the molecule is Cc1ccccc1CC1C(=O)N(C)c2nc(NC3(CO)CCCCC3)ncc2C1C. The van der Waals surface area contributed by atoms with E-state index >= 15 is 0 Å². The summed E-state index contributed by atoms with van der Waals surface area (Å²) in [6.07, 6.45) is 7.77. The predicted octanol–water partition coefficient (Wildman–Crippen LogP) is 3.83. The Labute approximate surface area is 178 Å². The largest absolute Gasteiger partial charge is 0.394 e. The number of aryl methyl sites for hydroxylation is 1. The first-order valence-corrected chi connectivity index (χ1v) is 11.0. The average molecular weight is 409 g/mol. The maximum Gasteiger partial charge on any atom is 0.231 e. The Morgan fingerprint density at radius 2 is 1.97 bits per heavy atom. The molecule has 2 atom stereocenters. The molecular formula is C24H32N4O2. The summed E-state index contributed by atoms with van der Waals surface area (Å²) in [6, 6.07) is 8.25. The van der Waals surface area contributed by atoms with Crippen molar-refractivity contribution in [2.45, 2.75) is 63.8 Å². The molecule has 1 fully saturated rings. The van der Waals surface area contributed by atoms with Crippen molar-refractivity contribution in [3.8, 4) is 0 Å². The van der Waals surface area contributed by atoms with Gasteiger partial charge in [-0.15, -0.1) is 0 Å². The van der Waals surface area contributed by atoms with Crippen molar-refractivity contribution in [3.63, 3.8) is 0 Å². The maximum atomic E-state index is 13.2. The zero-order valence-electron chi connectivity index (χ0n) is 18.2. The fraction of sp³-hybridized carbons (Fsp3) is 0.542. The number of nitrogens with one attached hydrogen (secondary N) is 1. The van der Waals surface area contributed by atoms with E-state index in [1.807, 2.05) is 18.3 Å². The highest BCUT2D eigenvalue weighted by Crippen LogP contribution is 2.40. The number of carbonyl (C=O) groups is 1. The Balaban J connectivity index is 1.60. The van der Waals surface area contributed by atoms with E-state index in [9.17, 15) is 9.90 Å². The number of aromatic nitrogens is 2. The van der Waals surface area contributed by atoms with Crippen LogP contribution in [-0.2, 0) is 11.2 Å². The Bertz CT molecular complexity index is 923. The number of amides is 1. The highest BCUT2D eigenvalue weighted by Gasteiger charge is 2.39. The number of aliphatic hydroxyl groups is 1. The maximum absolute atomic E-state index is 13.2. The van der Waals surface area contributed by atoms with Gasteiger partial charge in [0.25, 0.3) is 0 Å². The van der Waals surface area contributed by atoms with Gasteiger partial charge in [0.05, 0.1) is 12.1 Å². The zero-order valence-corrected chi connectivity index (χ0v) is 18.2. The fourth-order valence-electron chi connectivity index (χ4n) is 4.94. The normalized spacial score (nSPS) is 23.2. The van der Waals surface area contributed by atoms with Gasteiger partial charge in [0.1, 0.15) is 5.82 Å². The number of anilines is 2. The first-order chi connectivity index (χ1) is 14.4. The van der Waals surface area contributed by atoms with Crippen LogP contribution in [0.25, 0.3) is 0 Å². The molecular weight excluding hydrogens is 376 g/mol. The molecule has 0 spiro atoms. The van der Waals surface area contributed by atoms with E-state index in [1.54, 1.807) is 11.9 Å². The van der Waals surface area contributed by atoms with E-state index < -0.39 is 0 Å². The first kappa shape index (κ1) is 20.8. The number of aliphatic hydroxyl groups excluding tert-OH is 1. The van der Waals surface area contributed by atoms with E-state index in [-0.39, 0.29) is 29.9 Å². The van der Waals surface area contributed by atoms with Crippen molar-refractivity contribution in [3.05, 3.63) is 47.2 Å². The summed E-state index contributed by atoms with van der Waals surface area (Å²) in [4.78, 5) is 24.2. The minimum Gasteiger partial charge on any atom is -0.394 e. The van der Waals surface area contributed by atoms with Gasteiger partial charge in [0.2, 0.25) is 11.9 Å². The molecule has 160 valence electrons. The van der Waals surface area contributed by atoms with Crippen LogP contribution in [0.5, 0.6) is 0 Å². The van der Waals surface area contributed by atoms with Crippen LogP contribution < -0.4 is 10.2 Å². The molecule has 2 heterocycles. The minimum absolute atomic E-state index is 0.0406. The first-order valence-electron chi connectivity index (χ1n) is 11.0. The van der Waals surface area contributed by atoms with Crippen molar-refractivity contribution in [2.75, 3.05) is 23.9 Å². The van der Waals surface area contributed by atoms with Crippen LogP contribution in [0.15, 0.2) is 30.5 Å². The van der Waals surface area contributed by atoms with E-state index in [4.69, 9.17) is 4.98 Å². The lowest BCUT2D eigenvalue weighted by atomic mass is 9.79. The van der Waals surface area contributed by atoms with E-state index in [1.165, 1.54) is 17.5 Å². The Kier molecular flexibility index (Phi) is 5.78. The van der Waals surface area contributed by atoms with Crippen LogP contribution in [0, 0.1) is 12.8 Å². The summed E-state index contributed by atoms with van der Waals surface area (Å²) in [5.41, 5.74) is 3.07. The molecule has 1 saturated carbocycles. The fourth-order valence-corrected chi connectivity index (χ4v) is 4.94. The molecule has 0 bridgehead atoms. The highest BCUT2D eigenvalue weighted by molar-refractivity contribution is 5.97. The van der Waals surface area contributed by atoms with Gasteiger partial charge in [-0.25, -0.2) is 4.98 Å². The quantitative estimate of drug-likeness (QED) is 0.786. The van der Waals surface area contributed by atoms with Gasteiger partial charge < -0.3 is 10.4 Å². The molecule has 6 nitrogen and oxygen atoms in total. The standard InChI is InChI=1S/C24H32N4O2/c1-16-9-5-6-10-18(16)13-19-17(2)20-14-25-23(26-21(20)28(3)22(19)30)27-24(15-29)11-7-4-8-12-24/h5-6,9-10,14,17,19,29H,4,7-8,11-13,15H2,1-3H3,(H,25,26,27). The summed E-state index contributed by atoms with van der Waals surface area (Å²) in [7, 11) is 1.80. The topological polar surface area (TPSA) is 78.4 Å². The molecule has 2 N–H and O–H groups in total. The lowest BCUT2D eigenvalue weighted by Gasteiger charge is -2.38. The monoisotopic (exact) mass is 408 g/mol. The van der Waals surface area contributed by atoms with Gasteiger partial charge >= 0.3 is 0 Å². The molecule has 2 unspecified atom stereocenters. The predicted molar refractivity (Wildman–Crippen MR) is 119 cm³/mol. The number of carbonyl (C=O) groups excluding carboxylic acids is 1. The summed E-state index contributed by atoms with van der Waals surface area (Å²) in [5.74, 6) is 1.17. The van der Waals surface area contributed by atoms with Crippen LogP contribution in [0.2, 0.25) is 0 Å². The molecule has 1 aliphatic heterocycles. The van der Waals surface area contributed by atoms with Crippen molar-refractivity contribution in [1.82, 2.24) is 9.97 Å². The van der Waals surface area contributed by atoms with E-state index in [2.05, 4.69) is 36.3 Å². The van der Waals surface area contributed by atoms with Gasteiger partial charge in [-0.05, 0) is 43.2 Å². The van der Waals surface area contributed by atoms with Gasteiger partial charge in [0, 0.05) is 24.7 Å². The molecule has 4 rings (SSSR count). The van der Waals surface area contributed by atoms with Crippen LogP contribution in [0.4, 0.5) is 11.8 Å². The number of nitrogens with zero attached hydrogens (tertiary/aromatic N) is 3. The molecule has 1 aromatic carbocycles. The number of hydrogen-bond donors (Lipinski definition) is 2. The number of benzene rings is 1. The van der Waals surface area contributed by atoms with Gasteiger partial charge in [0.15, 0.2) is 0 Å². The third-order valence-electron chi connectivity index (χ3n) is 7.05. The van der Waals surface area contributed by atoms with Crippen molar-refractivity contribution >= 4 is 17.7 Å². The number of hydrogen-bond acceptors (Lipinski definition) is 5. The third-order valence-corrected chi connectivity index (χ3v) is 7.05. The summed E-state index contributed by atoms with van der Waals surface area (Å²) < 4.78 is 0. The molecule has 0 saturated heterocycles. The second-order valence-electron chi connectivity index (χ2n) is 9.02. The van der Waals surface area contributed by atoms with Crippen molar-refractivity contribution in [1.29, 1.82) is 0 Å². The second kappa shape index (κ2) is 8.34. The molecule has 0 radical (unpaired) electrons. The van der Waals surface area contributed by atoms with Crippen LogP contribution in [0.3, 0.4) is 0 Å². The Morgan fingerprint density at radius 3 is 2.67 bits per heavy atom. The lowest BCUT2D eigenvalue weighted by molar-refractivity contribution is -0.123. The Hall–Kier alpha value is -2.47. The highest BCUT2D eigenvalue weighted by atomic mass is 16.3. The number of fused-ring (bicyclic) bond motifs is 1. The van der Waals surface area contributed by atoms with Crippen LogP contribution in [-0.4, -0.2) is 40.2 Å².